The minimum atomic E-state index is -0.728. The molecule has 0 bridgehead atoms. The predicted molar refractivity (Wildman–Crippen MR) is 131 cm³/mol. The van der Waals surface area contributed by atoms with Gasteiger partial charge in [-0.1, -0.05) is 127 Å². The molecule has 0 saturated heterocycles. The normalized spacial score (nSPS) is 10.5. The van der Waals surface area contributed by atoms with Gasteiger partial charge in [0.1, 0.15) is 11.3 Å². The average Bonchev–Trinajstić information content (AvgIpc) is 3.31. The van der Waals surface area contributed by atoms with Gasteiger partial charge in [0.2, 0.25) is 7.28 Å². The first kappa shape index (κ1) is 23.6. The average molecular weight is 435 g/mol. The quantitative estimate of drug-likeness (QED) is 0.298. The van der Waals surface area contributed by atoms with Crippen LogP contribution in [0.4, 0.5) is 0 Å². The summed E-state index contributed by atoms with van der Waals surface area (Å²) in [5.41, 5.74) is 4.25. The van der Waals surface area contributed by atoms with Crippen molar-refractivity contribution in [2.45, 2.75) is 5.54 Å². The molecule has 0 aliphatic rings. The minimum absolute atomic E-state index is 0. The second kappa shape index (κ2) is 10.5. The zero-order valence-electron chi connectivity index (χ0n) is 17.9. The van der Waals surface area contributed by atoms with Gasteiger partial charge in [0.15, 0.2) is 0 Å². The van der Waals surface area contributed by atoms with Crippen molar-refractivity contribution < 1.29 is 11.0 Å². The van der Waals surface area contributed by atoms with Gasteiger partial charge in [0, 0.05) is 0 Å². The Morgan fingerprint density at radius 1 is 0.545 bits per heavy atom. The molecule has 0 atom stereocenters. The standard InChI is InChI=1S/C26H20BN4.2H2O/c1-5-13-21(14-6-1)26(22-15-7-2-8-16-22,23-17-9-3-10-18-23)31-25(28-29-30-31)27-24-19-11-4-12-20-24;;/h1-20H;2*1H2. The van der Waals surface area contributed by atoms with E-state index in [4.69, 9.17) is 0 Å². The van der Waals surface area contributed by atoms with Crippen molar-refractivity contribution in [3.63, 3.8) is 0 Å². The van der Waals surface area contributed by atoms with Gasteiger partial charge < -0.3 is 11.0 Å². The van der Waals surface area contributed by atoms with Crippen molar-refractivity contribution in [1.29, 1.82) is 0 Å². The molecular weight excluding hydrogens is 411 g/mol. The lowest BCUT2D eigenvalue weighted by atomic mass is 9.68. The fraction of sp³-hybridized carbons (Fsp3) is 0.0385. The Bertz CT molecular complexity index is 1150. The second-order valence-corrected chi connectivity index (χ2v) is 7.31. The van der Waals surface area contributed by atoms with Crippen LogP contribution in [0.3, 0.4) is 0 Å². The third-order valence-corrected chi connectivity index (χ3v) is 5.48. The Morgan fingerprint density at radius 2 is 0.939 bits per heavy atom. The molecule has 4 N–H and O–H groups in total. The van der Waals surface area contributed by atoms with Gasteiger partial charge in [-0.2, -0.15) is 0 Å². The third-order valence-electron chi connectivity index (χ3n) is 5.48. The van der Waals surface area contributed by atoms with Crippen LogP contribution in [0.5, 0.6) is 0 Å². The molecule has 7 heteroatoms. The molecule has 0 saturated carbocycles. The Balaban J connectivity index is 0.00000153. The maximum Gasteiger partial charge on any atom is 0.245 e. The molecular formula is C26H24BN4O2. The Morgan fingerprint density at radius 3 is 1.36 bits per heavy atom. The Labute approximate surface area is 193 Å². The van der Waals surface area contributed by atoms with Crippen molar-refractivity contribution in [2.24, 2.45) is 0 Å². The smallest absolute Gasteiger partial charge is 0.245 e. The molecule has 1 radical (unpaired) electrons. The summed E-state index contributed by atoms with van der Waals surface area (Å²) in [5, 5.41) is 13.0. The maximum absolute atomic E-state index is 4.54. The summed E-state index contributed by atoms with van der Waals surface area (Å²) in [7, 11) is 2.02. The van der Waals surface area contributed by atoms with E-state index in [1.165, 1.54) is 0 Å². The van der Waals surface area contributed by atoms with E-state index in [1.54, 1.807) is 0 Å². The highest BCUT2D eigenvalue weighted by Crippen LogP contribution is 2.39. The van der Waals surface area contributed by atoms with E-state index in [9.17, 15) is 0 Å². The lowest BCUT2D eigenvalue weighted by molar-refractivity contribution is 0.456. The van der Waals surface area contributed by atoms with Gasteiger partial charge in [0.25, 0.3) is 0 Å². The topological polar surface area (TPSA) is 107 Å². The van der Waals surface area contributed by atoms with E-state index in [0.29, 0.717) is 5.72 Å². The SMILES string of the molecule is O.O.[B](c1ccccc1)c1nnnn1C(c1ccccc1)(c1ccccc1)c1ccccc1. The van der Waals surface area contributed by atoms with Crippen LogP contribution in [-0.4, -0.2) is 38.4 Å². The van der Waals surface area contributed by atoms with E-state index in [2.05, 4.69) is 88.3 Å². The molecule has 0 unspecified atom stereocenters. The number of tetrazole rings is 1. The van der Waals surface area contributed by atoms with E-state index < -0.39 is 5.54 Å². The summed E-state index contributed by atoms with van der Waals surface area (Å²) < 4.78 is 1.93. The third kappa shape index (κ3) is 4.32. The Kier molecular flexibility index (Phi) is 7.51. The van der Waals surface area contributed by atoms with E-state index in [-0.39, 0.29) is 11.0 Å². The first-order valence-electron chi connectivity index (χ1n) is 10.2. The summed E-state index contributed by atoms with van der Waals surface area (Å²) >= 11 is 0. The summed E-state index contributed by atoms with van der Waals surface area (Å²) in [6.45, 7) is 0. The van der Waals surface area contributed by atoms with Crippen LogP contribution in [-0.2, 0) is 5.54 Å². The highest BCUT2D eigenvalue weighted by Gasteiger charge is 2.41. The molecule has 5 rings (SSSR count). The molecule has 1 aromatic heterocycles. The second-order valence-electron chi connectivity index (χ2n) is 7.31. The van der Waals surface area contributed by atoms with Gasteiger partial charge in [-0.3, -0.25) is 0 Å². The first-order valence-corrected chi connectivity index (χ1v) is 10.2. The largest absolute Gasteiger partial charge is 0.412 e. The van der Waals surface area contributed by atoms with Crippen LogP contribution >= 0.6 is 0 Å². The molecule has 0 aliphatic carbocycles. The van der Waals surface area contributed by atoms with Gasteiger partial charge in [0.05, 0.1) is 0 Å². The summed E-state index contributed by atoms with van der Waals surface area (Å²) in [6, 6.07) is 41.3. The van der Waals surface area contributed by atoms with Crippen LogP contribution in [0.1, 0.15) is 16.7 Å². The summed E-state index contributed by atoms with van der Waals surface area (Å²) in [5.74, 6) is 0. The highest BCUT2D eigenvalue weighted by molar-refractivity contribution is 6.65. The maximum atomic E-state index is 4.54. The number of hydrogen-bond donors (Lipinski definition) is 0. The van der Waals surface area contributed by atoms with Gasteiger partial charge in [-0.25, -0.2) is 4.68 Å². The van der Waals surface area contributed by atoms with Gasteiger partial charge in [-0.05, 0) is 27.1 Å². The molecule has 0 amide bonds. The summed E-state index contributed by atoms with van der Waals surface area (Å²) in [6.07, 6.45) is 0. The van der Waals surface area contributed by atoms with Crippen molar-refractivity contribution in [2.75, 3.05) is 0 Å². The molecule has 163 valence electrons. The number of nitrogens with zero attached hydrogens (tertiary/aromatic N) is 4. The van der Waals surface area contributed by atoms with Crippen LogP contribution in [0, 0.1) is 0 Å². The molecule has 5 aromatic rings. The van der Waals surface area contributed by atoms with Gasteiger partial charge in [-0.15, -0.1) is 5.10 Å². The van der Waals surface area contributed by atoms with Crippen molar-refractivity contribution >= 4 is 18.5 Å². The minimum Gasteiger partial charge on any atom is -0.412 e. The lowest BCUT2D eigenvalue weighted by Gasteiger charge is -2.36. The molecule has 0 fully saturated rings. The number of aromatic nitrogens is 4. The van der Waals surface area contributed by atoms with Crippen molar-refractivity contribution in [1.82, 2.24) is 20.2 Å². The van der Waals surface area contributed by atoms with E-state index >= 15 is 0 Å². The molecule has 4 aromatic carbocycles. The molecule has 33 heavy (non-hydrogen) atoms. The summed E-state index contributed by atoms with van der Waals surface area (Å²) in [4.78, 5) is 0. The number of benzene rings is 4. The molecule has 6 nitrogen and oxygen atoms in total. The van der Waals surface area contributed by atoms with Gasteiger partial charge >= 0.3 is 0 Å². The Hall–Kier alpha value is -4.07. The van der Waals surface area contributed by atoms with Crippen LogP contribution < -0.4 is 11.2 Å². The van der Waals surface area contributed by atoms with Crippen molar-refractivity contribution in [3.8, 4) is 0 Å². The highest BCUT2D eigenvalue weighted by atomic mass is 16.0. The zero-order chi connectivity index (χ0) is 20.9. The zero-order valence-corrected chi connectivity index (χ0v) is 17.9. The number of rotatable bonds is 6. The van der Waals surface area contributed by atoms with E-state index in [1.807, 2.05) is 60.5 Å². The molecule has 1 heterocycles. The predicted octanol–water partition coefficient (Wildman–Crippen LogP) is 1.52. The van der Waals surface area contributed by atoms with Crippen LogP contribution in [0.2, 0.25) is 0 Å². The number of hydrogen-bond acceptors (Lipinski definition) is 3. The fourth-order valence-electron chi connectivity index (χ4n) is 4.13. The lowest BCUT2D eigenvalue weighted by Crippen LogP contribution is -2.48. The molecule has 0 spiro atoms. The van der Waals surface area contributed by atoms with Crippen molar-refractivity contribution in [3.05, 3.63) is 138 Å². The van der Waals surface area contributed by atoms with Crippen LogP contribution in [0.15, 0.2) is 121 Å². The van der Waals surface area contributed by atoms with E-state index in [0.717, 1.165) is 22.2 Å². The van der Waals surface area contributed by atoms with Crippen LogP contribution in [0.25, 0.3) is 0 Å². The molecule has 0 aliphatic heterocycles. The fourth-order valence-corrected chi connectivity index (χ4v) is 4.13. The monoisotopic (exact) mass is 435 g/mol. The first-order chi connectivity index (χ1) is 15.4.